The van der Waals surface area contributed by atoms with Crippen molar-refractivity contribution in [1.82, 2.24) is 15.2 Å². The topological polar surface area (TPSA) is 71.5 Å². The molecule has 1 N–H and O–H groups in total. The first-order valence-electron chi connectivity index (χ1n) is 9.21. The number of hydrogen-bond acceptors (Lipinski definition) is 4. The van der Waals surface area contributed by atoms with Gasteiger partial charge in [0.25, 0.3) is 11.8 Å². The lowest BCUT2D eigenvalue weighted by atomic mass is 10.0. The molecule has 0 atom stereocenters. The zero-order valence-electron chi connectivity index (χ0n) is 15.8. The summed E-state index contributed by atoms with van der Waals surface area (Å²) in [6, 6.07) is 9.31. The first kappa shape index (κ1) is 18.9. The van der Waals surface area contributed by atoms with Crippen molar-refractivity contribution in [3.8, 4) is 5.75 Å². The van der Waals surface area contributed by atoms with E-state index >= 15 is 0 Å². The van der Waals surface area contributed by atoms with Gasteiger partial charge in [-0.3, -0.25) is 14.6 Å². The van der Waals surface area contributed by atoms with Gasteiger partial charge in [0.1, 0.15) is 5.75 Å². The molecule has 0 unspecified atom stereocenters. The summed E-state index contributed by atoms with van der Waals surface area (Å²) in [5, 5.41) is 3.00. The average molecular weight is 367 g/mol. The van der Waals surface area contributed by atoms with Crippen molar-refractivity contribution >= 4 is 11.8 Å². The van der Waals surface area contributed by atoms with E-state index in [0.29, 0.717) is 24.4 Å². The number of nitrogens with one attached hydrogen (secondary N) is 1. The van der Waals surface area contributed by atoms with Gasteiger partial charge in [0.15, 0.2) is 6.61 Å². The van der Waals surface area contributed by atoms with Crippen LogP contribution in [0.4, 0.5) is 0 Å². The van der Waals surface area contributed by atoms with Gasteiger partial charge in [-0.15, -0.1) is 0 Å². The molecule has 27 heavy (non-hydrogen) atoms. The second kappa shape index (κ2) is 8.66. The lowest BCUT2D eigenvalue weighted by Gasteiger charge is -2.32. The number of carbonyl (C=O) groups excluding carboxylic acids is 2. The van der Waals surface area contributed by atoms with Crippen molar-refractivity contribution < 1.29 is 14.3 Å². The fraction of sp³-hybridized carbons (Fsp3) is 0.381. The predicted octanol–water partition coefficient (Wildman–Crippen LogP) is 2.50. The Bertz CT molecular complexity index is 800. The number of likely N-dealkylation sites (tertiary alicyclic amines) is 1. The molecule has 2 aromatic rings. The van der Waals surface area contributed by atoms with Crippen LogP contribution in [-0.4, -0.2) is 47.4 Å². The third-order valence-electron chi connectivity index (χ3n) is 4.92. The van der Waals surface area contributed by atoms with Gasteiger partial charge < -0.3 is 15.0 Å². The maximum absolute atomic E-state index is 12.4. The van der Waals surface area contributed by atoms with Gasteiger partial charge in [0.2, 0.25) is 0 Å². The van der Waals surface area contributed by atoms with Crippen LogP contribution in [0, 0.1) is 13.8 Å². The van der Waals surface area contributed by atoms with Gasteiger partial charge >= 0.3 is 0 Å². The second-order valence-electron chi connectivity index (χ2n) is 6.90. The number of piperidine rings is 1. The van der Waals surface area contributed by atoms with E-state index in [2.05, 4.69) is 10.3 Å². The molecule has 6 heteroatoms. The first-order valence-corrected chi connectivity index (χ1v) is 9.21. The minimum atomic E-state index is -0.132. The highest BCUT2D eigenvalue weighted by molar-refractivity contribution is 5.94. The quantitative estimate of drug-likeness (QED) is 0.881. The molecule has 1 aliphatic rings. The lowest BCUT2D eigenvalue weighted by molar-refractivity contribution is -0.124. The summed E-state index contributed by atoms with van der Waals surface area (Å²) < 4.78 is 5.58. The second-order valence-corrected chi connectivity index (χ2v) is 6.90. The number of nitrogens with zero attached hydrogens (tertiary/aromatic N) is 2. The third kappa shape index (κ3) is 5.06. The van der Waals surface area contributed by atoms with E-state index in [4.69, 9.17) is 4.74 Å². The Labute approximate surface area is 159 Å². The number of hydrogen-bond donors (Lipinski definition) is 1. The molecule has 0 radical (unpaired) electrons. The third-order valence-corrected chi connectivity index (χ3v) is 4.92. The van der Waals surface area contributed by atoms with Gasteiger partial charge in [0.05, 0.1) is 0 Å². The molecule has 6 nitrogen and oxygen atoms in total. The van der Waals surface area contributed by atoms with Crippen LogP contribution < -0.4 is 10.1 Å². The highest BCUT2D eigenvalue weighted by Gasteiger charge is 2.24. The van der Waals surface area contributed by atoms with E-state index in [1.165, 1.54) is 5.56 Å². The number of rotatable bonds is 5. The zero-order valence-corrected chi connectivity index (χ0v) is 15.8. The van der Waals surface area contributed by atoms with Crippen LogP contribution in [-0.2, 0) is 4.79 Å². The maximum atomic E-state index is 12.4. The summed E-state index contributed by atoms with van der Waals surface area (Å²) in [6.45, 7) is 5.31. The Balaban J connectivity index is 1.42. The van der Waals surface area contributed by atoms with Gasteiger partial charge in [0, 0.05) is 37.1 Å². The van der Waals surface area contributed by atoms with E-state index in [1.807, 2.05) is 36.9 Å². The largest absolute Gasteiger partial charge is 0.484 e. The summed E-state index contributed by atoms with van der Waals surface area (Å²) in [4.78, 5) is 30.3. The number of aryl methyl sites for hydroxylation is 2. The van der Waals surface area contributed by atoms with Crippen molar-refractivity contribution in [1.29, 1.82) is 0 Å². The average Bonchev–Trinajstić information content (AvgIpc) is 2.69. The van der Waals surface area contributed by atoms with Crippen LogP contribution in [0.3, 0.4) is 0 Å². The predicted molar refractivity (Wildman–Crippen MR) is 103 cm³/mol. The molecule has 2 amide bonds. The van der Waals surface area contributed by atoms with Crippen LogP contribution in [0.2, 0.25) is 0 Å². The SMILES string of the molecule is Cc1ccc(OCC(=O)NC2CCN(C(=O)c3ccncc3)CC2)cc1C. The number of carbonyl (C=O) groups is 2. The summed E-state index contributed by atoms with van der Waals surface area (Å²) in [5.74, 6) is 0.582. The van der Waals surface area contributed by atoms with Crippen LogP contribution >= 0.6 is 0 Å². The summed E-state index contributed by atoms with van der Waals surface area (Å²) >= 11 is 0. The highest BCUT2D eigenvalue weighted by Crippen LogP contribution is 2.17. The molecular weight excluding hydrogens is 342 g/mol. The Morgan fingerprint density at radius 3 is 2.48 bits per heavy atom. The highest BCUT2D eigenvalue weighted by atomic mass is 16.5. The molecule has 1 aromatic carbocycles. The maximum Gasteiger partial charge on any atom is 0.258 e. The first-order chi connectivity index (χ1) is 13.0. The van der Waals surface area contributed by atoms with E-state index in [9.17, 15) is 9.59 Å². The van der Waals surface area contributed by atoms with E-state index < -0.39 is 0 Å². The standard InChI is InChI=1S/C21H25N3O3/c1-15-3-4-19(13-16(15)2)27-14-20(25)23-18-7-11-24(12-8-18)21(26)17-5-9-22-10-6-17/h3-6,9-10,13,18H,7-8,11-12,14H2,1-2H3,(H,23,25). The normalized spacial score (nSPS) is 14.7. The Kier molecular flexibility index (Phi) is 6.06. The Hall–Kier alpha value is -2.89. The van der Waals surface area contributed by atoms with Gasteiger partial charge in [-0.05, 0) is 62.1 Å². The monoisotopic (exact) mass is 367 g/mol. The van der Waals surface area contributed by atoms with Crippen molar-refractivity contribution in [2.45, 2.75) is 32.7 Å². The van der Waals surface area contributed by atoms with Crippen LogP contribution in [0.5, 0.6) is 5.75 Å². The fourth-order valence-electron chi connectivity index (χ4n) is 3.13. The summed E-state index contributed by atoms with van der Waals surface area (Å²) in [7, 11) is 0. The number of benzene rings is 1. The Morgan fingerprint density at radius 1 is 1.11 bits per heavy atom. The van der Waals surface area contributed by atoms with E-state index in [1.54, 1.807) is 24.5 Å². The lowest BCUT2D eigenvalue weighted by Crippen LogP contribution is -2.47. The van der Waals surface area contributed by atoms with Crippen LogP contribution in [0.1, 0.15) is 34.3 Å². The number of amides is 2. The van der Waals surface area contributed by atoms with Crippen LogP contribution in [0.15, 0.2) is 42.7 Å². The summed E-state index contributed by atoms with van der Waals surface area (Å²) in [6.07, 6.45) is 4.73. The number of ether oxygens (including phenoxy) is 1. The smallest absolute Gasteiger partial charge is 0.258 e. The number of aromatic nitrogens is 1. The molecule has 1 saturated heterocycles. The molecule has 1 fully saturated rings. The van der Waals surface area contributed by atoms with Gasteiger partial charge in [-0.25, -0.2) is 0 Å². The van der Waals surface area contributed by atoms with Gasteiger partial charge in [-0.2, -0.15) is 0 Å². The fourth-order valence-corrected chi connectivity index (χ4v) is 3.13. The van der Waals surface area contributed by atoms with Crippen molar-refractivity contribution in [2.75, 3.05) is 19.7 Å². The molecule has 142 valence electrons. The molecule has 1 aliphatic heterocycles. The van der Waals surface area contributed by atoms with E-state index in [-0.39, 0.29) is 24.5 Å². The van der Waals surface area contributed by atoms with Crippen LogP contribution in [0.25, 0.3) is 0 Å². The molecule has 0 spiro atoms. The molecule has 2 heterocycles. The molecule has 0 aliphatic carbocycles. The molecular formula is C21H25N3O3. The number of pyridine rings is 1. The van der Waals surface area contributed by atoms with Crippen molar-refractivity contribution in [3.63, 3.8) is 0 Å². The molecule has 3 rings (SSSR count). The van der Waals surface area contributed by atoms with Crippen molar-refractivity contribution in [3.05, 3.63) is 59.4 Å². The Morgan fingerprint density at radius 2 is 1.81 bits per heavy atom. The minimum absolute atomic E-state index is 0.00133. The molecule has 0 bridgehead atoms. The van der Waals surface area contributed by atoms with Crippen molar-refractivity contribution in [2.24, 2.45) is 0 Å². The minimum Gasteiger partial charge on any atom is -0.484 e. The zero-order chi connectivity index (χ0) is 19.2. The van der Waals surface area contributed by atoms with E-state index in [0.717, 1.165) is 18.4 Å². The summed E-state index contributed by atoms with van der Waals surface area (Å²) in [5.41, 5.74) is 2.98. The molecule has 0 saturated carbocycles. The molecule has 1 aromatic heterocycles. The van der Waals surface area contributed by atoms with Gasteiger partial charge in [-0.1, -0.05) is 6.07 Å².